The Labute approximate surface area is 344 Å². The van der Waals surface area contributed by atoms with Gasteiger partial charge in [-0.2, -0.15) is 4.98 Å². The Morgan fingerprint density at radius 1 is 0.667 bits per heavy atom. The second-order valence-corrected chi connectivity index (χ2v) is 15.8. The van der Waals surface area contributed by atoms with Gasteiger partial charge in [0.2, 0.25) is 5.91 Å². The van der Waals surface area contributed by atoms with E-state index in [1.165, 1.54) is 66.0 Å². The summed E-state index contributed by atoms with van der Waals surface area (Å²) in [5.74, 6) is 0.403. The van der Waals surface area contributed by atoms with Crippen molar-refractivity contribution in [3.05, 3.63) is 94.5 Å². The number of carbonyl (C=O) groups is 2. The van der Waals surface area contributed by atoms with E-state index in [2.05, 4.69) is 80.1 Å². The second kappa shape index (κ2) is 29.6. The largest absolute Gasteiger partial charge is 0.462 e. The number of anilines is 1. The quantitative estimate of drug-likeness (QED) is 0.0347. The molecule has 13 heteroatoms. The molecule has 2 atom stereocenters. The van der Waals surface area contributed by atoms with E-state index in [9.17, 15) is 14.4 Å². The van der Waals surface area contributed by atoms with Gasteiger partial charge in [-0.15, -0.1) is 11.8 Å². The van der Waals surface area contributed by atoms with Gasteiger partial charge in [-0.25, -0.2) is 4.79 Å². The Balaban J connectivity index is 0.920. The number of carbonyl (C=O) groups excluding carboxylic acids is 2. The molecule has 0 bridgehead atoms. The van der Waals surface area contributed by atoms with Crippen LogP contribution >= 0.6 is 11.8 Å². The smallest absolute Gasteiger partial charge is 0.351 e. The molecule has 314 valence electrons. The lowest BCUT2D eigenvalue weighted by molar-refractivity contribution is -0.147. The number of benzene rings is 2. The first-order valence-electron chi connectivity index (χ1n) is 21.3. The van der Waals surface area contributed by atoms with Crippen LogP contribution in [0.15, 0.2) is 77.7 Å². The van der Waals surface area contributed by atoms with Gasteiger partial charge in [-0.1, -0.05) is 86.3 Å². The Bertz CT molecular complexity index is 1570. The van der Waals surface area contributed by atoms with Crippen molar-refractivity contribution in [1.82, 2.24) is 30.8 Å². The van der Waals surface area contributed by atoms with Crippen molar-refractivity contribution in [3.63, 3.8) is 0 Å². The zero-order valence-electron chi connectivity index (χ0n) is 33.9. The van der Waals surface area contributed by atoms with Crippen molar-refractivity contribution in [3.8, 4) is 0 Å². The highest BCUT2D eigenvalue weighted by Crippen LogP contribution is 2.31. The van der Waals surface area contributed by atoms with Gasteiger partial charge in [0.05, 0.1) is 0 Å². The molecular weight excluding hydrogens is 739 g/mol. The van der Waals surface area contributed by atoms with Crippen LogP contribution < -0.4 is 32.3 Å². The molecular formula is C44H67N7O5S. The summed E-state index contributed by atoms with van der Waals surface area (Å²) in [4.78, 5) is 41.6. The number of esters is 1. The average molecular weight is 806 g/mol. The maximum Gasteiger partial charge on any atom is 0.351 e. The van der Waals surface area contributed by atoms with Crippen molar-refractivity contribution in [1.29, 1.82) is 0 Å². The molecule has 1 saturated heterocycles. The van der Waals surface area contributed by atoms with Gasteiger partial charge in [0.25, 0.3) is 0 Å². The highest BCUT2D eigenvalue weighted by molar-refractivity contribution is 8.00. The van der Waals surface area contributed by atoms with Crippen LogP contribution in [-0.4, -0.2) is 78.5 Å². The molecule has 5 N–H and O–H groups in total. The molecule has 0 spiro atoms. The number of hydrogen-bond donors (Lipinski definition) is 5. The van der Waals surface area contributed by atoms with E-state index in [1.807, 2.05) is 12.1 Å². The van der Waals surface area contributed by atoms with Gasteiger partial charge in [0, 0.05) is 37.9 Å². The molecule has 2 heterocycles. The van der Waals surface area contributed by atoms with E-state index in [0.717, 1.165) is 90.9 Å². The topological polar surface area (TPSA) is 148 Å². The molecule has 0 saturated carbocycles. The third-order valence-corrected chi connectivity index (χ3v) is 10.9. The fraction of sp³-hybridized carbons (Fsp3) is 0.591. The van der Waals surface area contributed by atoms with Crippen LogP contribution in [0.3, 0.4) is 0 Å². The molecule has 1 amide bonds. The van der Waals surface area contributed by atoms with Crippen molar-refractivity contribution < 1.29 is 19.1 Å². The summed E-state index contributed by atoms with van der Waals surface area (Å²) in [6, 6.07) is 22.6. The number of thioether (sulfide) groups is 1. The summed E-state index contributed by atoms with van der Waals surface area (Å²) < 4.78 is 12.9. The third kappa shape index (κ3) is 21.1. The lowest BCUT2D eigenvalue weighted by Gasteiger charge is -2.15. The first-order chi connectivity index (χ1) is 28.1. The fourth-order valence-corrected chi connectivity index (χ4v) is 7.48. The molecule has 3 aromatic rings. The summed E-state index contributed by atoms with van der Waals surface area (Å²) in [6.45, 7) is 8.03. The van der Waals surface area contributed by atoms with Crippen LogP contribution in [0.1, 0.15) is 107 Å². The standard InChI is InChI=1S/C44H67N7O5S/c52-40(23-11-3-13-26-45-28-15-5-17-30-47-33-37-19-7-1-8-20-37)49-39-25-32-51(44(54)50-39)41-36-57-43(56-41)35-55-42(53)24-12-4-14-27-46-29-16-6-18-31-48-34-38-21-9-2-10-22-38/h1-2,7-10,19-22,25,32,41,43,45-48H,3-6,11-18,23-24,26-31,33-36H2,(H,49,50,52,54)/t41-,43-/m0/s1. The van der Waals surface area contributed by atoms with E-state index in [0.29, 0.717) is 18.6 Å². The van der Waals surface area contributed by atoms with Crippen molar-refractivity contribution in [2.24, 2.45) is 0 Å². The average Bonchev–Trinajstić information content (AvgIpc) is 3.70. The van der Waals surface area contributed by atoms with Gasteiger partial charge in [0.15, 0.2) is 0 Å². The summed E-state index contributed by atoms with van der Waals surface area (Å²) in [6.07, 6.45) is 14.5. The van der Waals surface area contributed by atoms with E-state index in [1.54, 1.807) is 12.3 Å². The number of unbranched alkanes of at least 4 members (excludes halogenated alkanes) is 8. The number of nitrogens with zero attached hydrogens (tertiary/aromatic N) is 2. The van der Waals surface area contributed by atoms with Gasteiger partial charge in [-0.3, -0.25) is 14.2 Å². The molecule has 2 aromatic carbocycles. The molecule has 0 unspecified atom stereocenters. The molecule has 4 rings (SSSR count). The molecule has 1 aliphatic rings. The molecule has 1 aromatic heterocycles. The second-order valence-electron chi connectivity index (χ2n) is 14.7. The molecule has 1 fully saturated rings. The third-order valence-electron chi connectivity index (χ3n) is 9.77. The number of amides is 1. The predicted molar refractivity (Wildman–Crippen MR) is 231 cm³/mol. The summed E-state index contributed by atoms with van der Waals surface area (Å²) in [5, 5.41) is 16.7. The van der Waals surface area contributed by atoms with E-state index < -0.39 is 11.9 Å². The minimum Gasteiger partial charge on any atom is -0.462 e. The van der Waals surface area contributed by atoms with Crippen LogP contribution in [-0.2, 0) is 32.2 Å². The molecule has 0 aliphatic carbocycles. The van der Waals surface area contributed by atoms with Gasteiger partial charge in [0.1, 0.15) is 24.1 Å². The van der Waals surface area contributed by atoms with Gasteiger partial charge < -0.3 is 36.1 Å². The minimum atomic E-state index is -0.511. The zero-order chi connectivity index (χ0) is 40.0. The van der Waals surface area contributed by atoms with E-state index in [-0.39, 0.29) is 29.7 Å². The highest BCUT2D eigenvalue weighted by atomic mass is 32.2. The van der Waals surface area contributed by atoms with Crippen LogP contribution in [0.2, 0.25) is 0 Å². The van der Waals surface area contributed by atoms with Gasteiger partial charge >= 0.3 is 11.7 Å². The van der Waals surface area contributed by atoms with Gasteiger partial charge in [-0.05, 0) is 108 Å². The predicted octanol–water partition coefficient (Wildman–Crippen LogP) is 6.53. The number of rotatable bonds is 32. The number of nitrogens with one attached hydrogen (secondary N) is 5. The van der Waals surface area contributed by atoms with Crippen molar-refractivity contribution in [2.45, 2.75) is 115 Å². The lowest BCUT2D eigenvalue weighted by Crippen LogP contribution is -2.29. The Morgan fingerprint density at radius 3 is 1.72 bits per heavy atom. The summed E-state index contributed by atoms with van der Waals surface area (Å²) in [5.41, 5.74) is 1.80. The number of ether oxygens (including phenoxy) is 2. The van der Waals surface area contributed by atoms with Crippen LogP contribution in [0.5, 0.6) is 0 Å². The summed E-state index contributed by atoms with van der Waals surface area (Å²) in [7, 11) is 0. The Kier molecular flexibility index (Phi) is 23.9. The lowest BCUT2D eigenvalue weighted by atomic mass is 10.2. The molecule has 1 aliphatic heterocycles. The zero-order valence-corrected chi connectivity index (χ0v) is 34.7. The maximum atomic E-state index is 12.8. The van der Waals surface area contributed by atoms with Crippen LogP contribution in [0.25, 0.3) is 0 Å². The van der Waals surface area contributed by atoms with Crippen molar-refractivity contribution >= 4 is 29.5 Å². The fourth-order valence-electron chi connectivity index (χ4n) is 6.49. The SMILES string of the molecule is O=C(CCCCCNCCCCCNCc1ccccc1)Nc1ccn([C@@H]2CS[C@@H](COC(=O)CCCCCNCCCCCNCc3ccccc3)O2)c(=O)n1. The minimum absolute atomic E-state index is 0.142. The summed E-state index contributed by atoms with van der Waals surface area (Å²) >= 11 is 1.50. The van der Waals surface area contributed by atoms with E-state index in [4.69, 9.17) is 9.47 Å². The first kappa shape index (κ1) is 46.1. The van der Waals surface area contributed by atoms with Crippen LogP contribution in [0.4, 0.5) is 5.82 Å². The molecule has 0 radical (unpaired) electrons. The number of aromatic nitrogens is 2. The highest BCUT2D eigenvalue weighted by Gasteiger charge is 2.29. The molecule has 57 heavy (non-hydrogen) atoms. The Morgan fingerprint density at radius 2 is 1.18 bits per heavy atom. The molecule has 12 nitrogen and oxygen atoms in total. The van der Waals surface area contributed by atoms with E-state index >= 15 is 0 Å². The monoisotopic (exact) mass is 805 g/mol. The Hall–Kier alpha value is -3.59. The normalized spacial score (nSPS) is 15.2. The van der Waals surface area contributed by atoms with Crippen molar-refractivity contribution in [2.75, 3.05) is 56.9 Å². The maximum absolute atomic E-state index is 12.8. The first-order valence-corrected chi connectivity index (χ1v) is 22.3. The number of hydrogen-bond acceptors (Lipinski definition) is 11. The van der Waals surface area contributed by atoms with Crippen LogP contribution in [0, 0.1) is 0 Å².